The summed E-state index contributed by atoms with van der Waals surface area (Å²) in [6.45, 7) is 3.87. The molecule has 0 bridgehead atoms. The number of halogens is 1. The van der Waals surface area contributed by atoms with Gasteiger partial charge in [-0.15, -0.1) is 0 Å². The Morgan fingerprint density at radius 1 is 1.38 bits per heavy atom. The fraction of sp³-hybridized carbons (Fsp3) is 0.316. The van der Waals surface area contributed by atoms with Crippen LogP contribution in [0.2, 0.25) is 0 Å². The molecule has 0 radical (unpaired) electrons. The molecule has 1 aromatic carbocycles. The van der Waals surface area contributed by atoms with Gasteiger partial charge in [-0.25, -0.2) is 9.37 Å². The van der Waals surface area contributed by atoms with Crippen LogP contribution in [0.15, 0.2) is 36.7 Å². The summed E-state index contributed by atoms with van der Waals surface area (Å²) in [4.78, 5) is 21.2. The van der Waals surface area contributed by atoms with Gasteiger partial charge in [0.1, 0.15) is 17.9 Å². The number of hydrogen-bond donors (Lipinski definition) is 1. The average molecular weight is 354 g/mol. The van der Waals surface area contributed by atoms with Crippen LogP contribution in [-0.2, 0) is 0 Å². The van der Waals surface area contributed by atoms with Crippen molar-refractivity contribution in [2.45, 2.75) is 32.7 Å². The van der Waals surface area contributed by atoms with Gasteiger partial charge >= 0.3 is 0 Å². The number of aromatic nitrogens is 3. The topological polar surface area (TPSA) is 68.5 Å². The van der Waals surface area contributed by atoms with Gasteiger partial charge in [-0.2, -0.15) is 4.98 Å². The number of carbonyl (C=O) groups excluding carboxylic acids is 1. The third-order valence-corrected chi connectivity index (χ3v) is 4.59. The van der Waals surface area contributed by atoms with E-state index in [2.05, 4.69) is 15.3 Å². The fourth-order valence-corrected chi connectivity index (χ4v) is 2.94. The minimum atomic E-state index is -0.390. The molecule has 4 rings (SSSR count). The van der Waals surface area contributed by atoms with E-state index >= 15 is 0 Å². The molecule has 0 unspecified atom stereocenters. The fourth-order valence-electron chi connectivity index (χ4n) is 2.94. The predicted octanol–water partition coefficient (Wildman–Crippen LogP) is 3.50. The van der Waals surface area contributed by atoms with Crippen LogP contribution < -0.4 is 10.1 Å². The number of carbonyl (C=O) groups is 1. The van der Waals surface area contributed by atoms with Crippen molar-refractivity contribution < 1.29 is 13.9 Å². The number of rotatable bonds is 5. The highest BCUT2D eigenvalue weighted by atomic mass is 19.1. The third kappa shape index (κ3) is 3.24. The summed E-state index contributed by atoms with van der Waals surface area (Å²) in [5.41, 5.74) is 1.48. The van der Waals surface area contributed by atoms with E-state index < -0.39 is 5.82 Å². The van der Waals surface area contributed by atoms with Crippen LogP contribution in [0.1, 0.15) is 35.9 Å². The molecule has 2 aromatic heterocycles. The Morgan fingerprint density at radius 3 is 2.92 bits per heavy atom. The van der Waals surface area contributed by atoms with Crippen LogP contribution >= 0.6 is 0 Å². The molecular weight excluding hydrogens is 335 g/mol. The molecular formula is C19H19FN4O2. The van der Waals surface area contributed by atoms with Crippen molar-refractivity contribution in [3.63, 3.8) is 0 Å². The zero-order valence-electron chi connectivity index (χ0n) is 14.6. The second-order valence-electron chi connectivity index (χ2n) is 6.68. The Hall–Kier alpha value is -2.96. The number of nitrogens with one attached hydrogen (secondary N) is 1. The summed E-state index contributed by atoms with van der Waals surface area (Å²) in [6, 6.07) is 7.66. The average Bonchev–Trinajstić information content (AvgIpc) is 3.35. The molecule has 6 nitrogen and oxygen atoms in total. The minimum absolute atomic E-state index is 0.118. The van der Waals surface area contributed by atoms with Crippen molar-refractivity contribution in [2.24, 2.45) is 5.92 Å². The number of fused-ring (bicyclic) bond motifs is 1. The van der Waals surface area contributed by atoms with Crippen molar-refractivity contribution in [3.8, 4) is 11.6 Å². The lowest BCUT2D eigenvalue weighted by Crippen LogP contribution is -2.34. The molecule has 1 aliphatic carbocycles. The molecule has 26 heavy (non-hydrogen) atoms. The lowest BCUT2D eigenvalue weighted by molar-refractivity contribution is 0.0933. The monoisotopic (exact) mass is 354 g/mol. The standard InChI is InChI=1S/C19H19FN4O2/c1-11-8-16(26-15-5-3-4-14(20)9-15)23-18-17(21-10-24(11)18)19(25)22-12(2)13-6-7-13/h3-5,8-10,12-13H,6-7H2,1-2H3,(H,22,25)/t12-/m0/s1. The van der Waals surface area contributed by atoms with Crippen LogP contribution in [0.3, 0.4) is 0 Å². The van der Waals surface area contributed by atoms with Crippen molar-refractivity contribution in [1.29, 1.82) is 0 Å². The highest BCUT2D eigenvalue weighted by molar-refractivity contribution is 5.98. The van der Waals surface area contributed by atoms with Crippen molar-refractivity contribution >= 4 is 11.6 Å². The van der Waals surface area contributed by atoms with Crippen LogP contribution in [0.4, 0.5) is 4.39 Å². The number of aryl methyl sites for hydroxylation is 1. The van der Waals surface area contributed by atoms with E-state index in [4.69, 9.17) is 4.74 Å². The van der Waals surface area contributed by atoms with Crippen LogP contribution in [0, 0.1) is 18.7 Å². The van der Waals surface area contributed by atoms with Crippen LogP contribution in [0.25, 0.3) is 5.65 Å². The van der Waals surface area contributed by atoms with Crippen LogP contribution in [-0.4, -0.2) is 26.3 Å². The Bertz CT molecular complexity index is 981. The van der Waals surface area contributed by atoms with Gasteiger partial charge in [0.15, 0.2) is 11.3 Å². The van der Waals surface area contributed by atoms with Crippen molar-refractivity contribution in [2.75, 3.05) is 0 Å². The van der Waals surface area contributed by atoms with Crippen molar-refractivity contribution in [1.82, 2.24) is 19.7 Å². The largest absolute Gasteiger partial charge is 0.439 e. The first-order valence-electron chi connectivity index (χ1n) is 8.60. The molecule has 1 amide bonds. The van der Waals surface area contributed by atoms with E-state index in [0.29, 0.717) is 17.3 Å². The summed E-state index contributed by atoms with van der Waals surface area (Å²) >= 11 is 0. The number of amides is 1. The summed E-state index contributed by atoms with van der Waals surface area (Å²) < 4.78 is 20.7. The number of imidazole rings is 1. The van der Waals surface area contributed by atoms with Crippen LogP contribution in [0.5, 0.6) is 11.6 Å². The predicted molar refractivity (Wildman–Crippen MR) is 93.9 cm³/mol. The first kappa shape index (κ1) is 16.5. The second-order valence-corrected chi connectivity index (χ2v) is 6.68. The Balaban J connectivity index is 1.65. The normalized spacial score (nSPS) is 15.0. The van der Waals surface area contributed by atoms with Gasteiger partial charge in [-0.3, -0.25) is 9.20 Å². The quantitative estimate of drug-likeness (QED) is 0.761. The van der Waals surface area contributed by atoms with Gasteiger partial charge in [0.2, 0.25) is 5.88 Å². The molecule has 7 heteroatoms. The maximum atomic E-state index is 13.3. The highest BCUT2D eigenvalue weighted by Gasteiger charge is 2.30. The van der Waals surface area contributed by atoms with E-state index in [1.807, 2.05) is 13.8 Å². The lowest BCUT2D eigenvalue weighted by Gasteiger charge is -2.12. The zero-order valence-corrected chi connectivity index (χ0v) is 14.6. The van der Waals surface area contributed by atoms with E-state index in [1.165, 1.54) is 12.1 Å². The third-order valence-electron chi connectivity index (χ3n) is 4.59. The summed E-state index contributed by atoms with van der Waals surface area (Å²) in [5.74, 6) is 0.536. The first-order chi connectivity index (χ1) is 12.5. The number of hydrogen-bond acceptors (Lipinski definition) is 4. The molecule has 0 aliphatic heterocycles. The Morgan fingerprint density at radius 2 is 2.19 bits per heavy atom. The minimum Gasteiger partial charge on any atom is -0.439 e. The lowest BCUT2D eigenvalue weighted by atomic mass is 10.2. The zero-order chi connectivity index (χ0) is 18.3. The summed E-state index contributed by atoms with van der Waals surface area (Å²) in [7, 11) is 0. The summed E-state index contributed by atoms with van der Waals surface area (Å²) in [5, 5.41) is 2.99. The van der Waals surface area contributed by atoms with Crippen molar-refractivity contribution in [3.05, 3.63) is 53.9 Å². The number of ether oxygens (including phenoxy) is 1. The SMILES string of the molecule is Cc1cc(Oc2cccc(F)c2)nc2c(C(=O)N[C@@H](C)C3CC3)ncn12. The molecule has 1 atom stereocenters. The second kappa shape index (κ2) is 6.40. The highest BCUT2D eigenvalue weighted by Crippen LogP contribution is 2.32. The maximum Gasteiger partial charge on any atom is 0.274 e. The van der Waals surface area contributed by atoms with Gasteiger partial charge < -0.3 is 10.1 Å². The van der Waals surface area contributed by atoms with E-state index in [9.17, 15) is 9.18 Å². The molecule has 1 fully saturated rings. The van der Waals surface area contributed by atoms with E-state index in [-0.39, 0.29) is 23.5 Å². The maximum absolute atomic E-state index is 13.3. The first-order valence-corrected chi connectivity index (χ1v) is 8.60. The number of benzene rings is 1. The molecule has 1 aliphatic rings. The number of nitrogens with zero attached hydrogens (tertiary/aromatic N) is 3. The van der Waals surface area contributed by atoms with Gasteiger partial charge in [0.25, 0.3) is 5.91 Å². The van der Waals surface area contributed by atoms with Gasteiger partial charge in [-0.05, 0) is 44.7 Å². The van der Waals surface area contributed by atoms with Gasteiger partial charge in [-0.1, -0.05) is 6.07 Å². The molecule has 3 aromatic rings. The summed E-state index contributed by atoms with van der Waals surface area (Å²) in [6.07, 6.45) is 3.86. The molecule has 134 valence electrons. The molecule has 0 spiro atoms. The van der Waals surface area contributed by atoms with E-state index in [0.717, 1.165) is 18.5 Å². The Labute approximate surface area is 150 Å². The molecule has 2 heterocycles. The smallest absolute Gasteiger partial charge is 0.274 e. The molecule has 0 saturated heterocycles. The van der Waals surface area contributed by atoms with Gasteiger partial charge in [0, 0.05) is 23.9 Å². The molecule has 1 saturated carbocycles. The Kier molecular flexibility index (Phi) is 4.06. The molecule has 1 N–H and O–H groups in total. The van der Waals surface area contributed by atoms with E-state index in [1.54, 1.807) is 28.9 Å². The van der Waals surface area contributed by atoms with Gasteiger partial charge in [0.05, 0.1) is 0 Å².